The van der Waals surface area contributed by atoms with Crippen molar-refractivity contribution in [2.75, 3.05) is 0 Å². The summed E-state index contributed by atoms with van der Waals surface area (Å²) in [4.78, 5) is 3.95. The number of nitriles is 1. The van der Waals surface area contributed by atoms with E-state index in [-0.39, 0.29) is 0 Å². The van der Waals surface area contributed by atoms with Crippen LogP contribution in [0.15, 0.2) is 12.4 Å². The second-order valence-corrected chi connectivity index (χ2v) is 1.76. The molecule has 0 bridgehead atoms. The molecular weight excluding hydrogens is 113 g/mol. The van der Waals surface area contributed by atoms with Gasteiger partial charge in [-0.2, -0.15) is 0 Å². The molecule has 0 N–H and O–H groups in total. The summed E-state index contributed by atoms with van der Waals surface area (Å²) >= 11 is 0. The Labute approximate surface area is 54.2 Å². The first-order valence-corrected chi connectivity index (χ1v) is 2.69. The zero-order valence-electron chi connectivity index (χ0n) is 5.20. The van der Waals surface area contributed by atoms with Crippen molar-refractivity contribution in [1.82, 2.24) is 9.46 Å². The molecular formula is C5H6BN3. The summed E-state index contributed by atoms with van der Waals surface area (Å²) in [5.74, 6) is 2.92. The quantitative estimate of drug-likeness (QED) is 0.483. The zero-order valence-corrected chi connectivity index (χ0v) is 5.20. The molecule has 1 heterocycles. The largest absolute Gasteiger partial charge is 0.368 e. The Kier molecular flexibility index (Phi) is 1.54. The SMILES string of the molecule is Cc1nccn1BC#N. The molecule has 1 aromatic heterocycles. The predicted octanol–water partition coefficient (Wildman–Crippen LogP) is -0.128. The number of rotatable bonds is 1. The van der Waals surface area contributed by atoms with Crippen molar-refractivity contribution in [1.29, 1.82) is 5.26 Å². The fraction of sp³-hybridized carbons (Fsp3) is 0.200. The number of aromatic nitrogens is 2. The molecule has 0 fully saturated rings. The van der Waals surface area contributed by atoms with Gasteiger partial charge in [-0.25, -0.2) is 10.2 Å². The van der Waals surface area contributed by atoms with E-state index >= 15 is 0 Å². The third-order valence-corrected chi connectivity index (χ3v) is 1.16. The van der Waals surface area contributed by atoms with Gasteiger partial charge in [0, 0.05) is 18.4 Å². The van der Waals surface area contributed by atoms with E-state index in [0.717, 1.165) is 5.82 Å². The van der Waals surface area contributed by atoms with E-state index in [1.165, 1.54) is 0 Å². The van der Waals surface area contributed by atoms with Crippen LogP contribution >= 0.6 is 0 Å². The van der Waals surface area contributed by atoms with Gasteiger partial charge in [0.2, 0.25) is 0 Å². The van der Waals surface area contributed by atoms with Gasteiger partial charge in [0.05, 0.1) is 5.82 Å². The van der Waals surface area contributed by atoms with Crippen LogP contribution in [0.1, 0.15) is 5.82 Å². The summed E-state index contributed by atoms with van der Waals surface area (Å²) in [6.45, 7) is 1.87. The highest BCUT2D eigenvalue weighted by atomic mass is 15.0. The Morgan fingerprint density at radius 2 is 2.67 bits per heavy atom. The van der Waals surface area contributed by atoms with Crippen molar-refractivity contribution in [3.8, 4) is 5.97 Å². The minimum absolute atomic E-state index is 0.395. The van der Waals surface area contributed by atoms with E-state index < -0.39 is 0 Å². The van der Waals surface area contributed by atoms with Gasteiger partial charge in [-0.05, 0) is 6.92 Å². The van der Waals surface area contributed by atoms with Crippen molar-refractivity contribution >= 4 is 7.41 Å². The van der Waals surface area contributed by atoms with E-state index in [4.69, 9.17) is 5.26 Å². The molecule has 0 radical (unpaired) electrons. The first kappa shape index (κ1) is 5.89. The van der Waals surface area contributed by atoms with Crippen molar-refractivity contribution < 1.29 is 0 Å². The van der Waals surface area contributed by atoms with Crippen LogP contribution in [0.3, 0.4) is 0 Å². The molecule has 0 aromatic carbocycles. The van der Waals surface area contributed by atoms with Gasteiger partial charge in [0.1, 0.15) is 0 Å². The van der Waals surface area contributed by atoms with E-state index in [9.17, 15) is 0 Å². The fourth-order valence-electron chi connectivity index (χ4n) is 0.647. The van der Waals surface area contributed by atoms with E-state index in [2.05, 4.69) is 4.98 Å². The Bertz CT molecular complexity index is 235. The maximum atomic E-state index is 8.26. The molecule has 0 saturated carbocycles. The fourth-order valence-corrected chi connectivity index (χ4v) is 0.647. The molecule has 1 aromatic rings. The number of hydrogen-bond acceptors (Lipinski definition) is 2. The first-order valence-electron chi connectivity index (χ1n) is 2.69. The van der Waals surface area contributed by atoms with Gasteiger partial charge in [-0.1, -0.05) is 0 Å². The molecule has 9 heavy (non-hydrogen) atoms. The lowest BCUT2D eigenvalue weighted by atomic mass is 9.98. The van der Waals surface area contributed by atoms with Crippen LogP contribution in [0.4, 0.5) is 0 Å². The summed E-state index contributed by atoms with van der Waals surface area (Å²) in [6.07, 6.45) is 3.48. The zero-order chi connectivity index (χ0) is 6.69. The van der Waals surface area contributed by atoms with Gasteiger partial charge in [-0.3, -0.25) is 0 Å². The van der Waals surface area contributed by atoms with Crippen molar-refractivity contribution in [2.45, 2.75) is 6.92 Å². The van der Waals surface area contributed by atoms with Crippen molar-refractivity contribution in [2.24, 2.45) is 0 Å². The molecule has 0 aliphatic heterocycles. The minimum Gasteiger partial charge on any atom is -0.368 e. The number of nitrogens with zero attached hydrogens (tertiary/aromatic N) is 3. The first-order chi connectivity index (χ1) is 4.34. The van der Waals surface area contributed by atoms with Crippen molar-refractivity contribution in [3.63, 3.8) is 0 Å². The summed E-state index contributed by atoms with van der Waals surface area (Å²) in [5, 5.41) is 8.26. The lowest BCUT2D eigenvalue weighted by Gasteiger charge is -1.91. The minimum atomic E-state index is 0.395. The van der Waals surface area contributed by atoms with Crippen LogP contribution in [-0.2, 0) is 0 Å². The highest BCUT2D eigenvalue weighted by Gasteiger charge is 1.94. The van der Waals surface area contributed by atoms with E-state index in [0.29, 0.717) is 7.41 Å². The average molecular weight is 119 g/mol. The number of imidazole rings is 1. The Morgan fingerprint density at radius 1 is 1.89 bits per heavy atom. The van der Waals surface area contributed by atoms with Gasteiger partial charge in [0.25, 0.3) is 0 Å². The maximum Gasteiger partial charge on any atom is 0.365 e. The standard InChI is InChI=1S/C5H6BN3/c1-5-8-2-3-9(5)6-4-7/h2-3,6H,1H3. The molecule has 0 aliphatic carbocycles. The average Bonchev–Trinajstić information content (AvgIpc) is 2.18. The smallest absolute Gasteiger partial charge is 0.365 e. The van der Waals surface area contributed by atoms with E-state index in [1.54, 1.807) is 16.9 Å². The van der Waals surface area contributed by atoms with Crippen LogP contribution in [-0.4, -0.2) is 16.9 Å². The molecule has 0 atom stereocenters. The molecule has 4 heteroatoms. The molecule has 1 rings (SSSR count). The Balaban J connectivity index is 2.84. The summed E-state index contributed by atoms with van der Waals surface area (Å²) < 4.78 is 1.79. The van der Waals surface area contributed by atoms with Gasteiger partial charge >= 0.3 is 7.41 Å². The Hall–Kier alpha value is -1.24. The number of hydrogen-bond donors (Lipinski definition) is 0. The molecule has 0 saturated heterocycles. The Morgan fingerprint density at radius 3 is 3.11 bits per heavy atom. The van der Waals surface area contributed by atoms with Crippen LogP contribution in [0.5, 0.6) is 0 Å². The molecule has 0 spiro atoms. The molecule has 3 nitrogen and oxygen atoms in total. The summed E-state index contributed by atoms with van der Waals surface area (Å²) in [7, 11) is 0.395. The highest BCUT2D eigenvalue weighted by molar-refractivity contribution is 6.43. The van der Waals surface area contributed by atoms with Gasteiger partial charge in [-0.15, -0.1) is 0 Å². The van der Waals surface area contributed by atoms with Crippen LogP contribution in [0, 0.1) is 18.2 Å². The molecule has 0 aliphatic rings. The van der Waals surface area contributed by atoms with Crippen molar-refractivity contribution in [3.05, 3.63) is 18.2 Å². The maximum absolute atomic E-state index is 8.26. The lowest BCUT2D eigenvalue weighted by molar-refractivity contribution is 1.07. The van der Waals surface area contributed by atoms with Crippen LogP contribution in [0.25, 0.3) is 0 Å². The lowest BCUT2D eigenvalue weighted by Crippen LogP contribution is -2.03. The molecule has 44 valence electrons. The number of aryl methyl sites for hydroxylation is 1. The second-order valence-electron chi connectivity index (χ2n) is 1.76. The monoisotopic (exact) mass is 119 g/mol. The predicted molar refractivity (Wildman–Crippen MR) is 35.1 cm³/mol. The van der Waals surface area contributed by atoms with Crippen LogP contribution in [0.2, 0.25) is 0 Å². The second kappa shape index (κ2) is 2.36. The van der Waals surface area contributed by atoms with Gasteiger partial charge < -0.3 is 4.48 Å². The third kappa shape index (κ3) is 1.11. The summed E-state index contributed by atoms with van der Waals surface area (Å²) in [5.41, 5.74) is 0. The highest BCUT2D eigenvalue weighted by Crippen LogP contribution is 1.89. The van der Waals surface area contributed by atoms with E-state index in [1.807, 2.05) is 12.9 Å². The molecule has 0 unspecified atom stereocenters. The van der Waals surface area contributed by atoms with Gasteiger partial charge in [0.15, 0.2) is 0 Å². The topological polar surface area (TPSA) is 41.6 Å². The van der Waals surface area contributed by atoms with Crippen LogP contribution < -0.4 is 0 Å². The summed E-state index contributed by atoms with van der Waals surface area (Å²) in [6, 6.07) is 0. The third-order valence-electron chi connectivity index (χ3n) is 1.16. The normalized spacial score (nSPS) is 8.44. The molecule has 0 amide bonds.